The molecule has 37 heavy (non-hydrogen) atoms. The molecule has 2 atom stereocenters. The lowest BCUT2D eigenvalue weighted by molar-refractivity contribution is -0.122. The van der Waals surface area contributed by atoms with Gasteiger partial charge in [-0.2, -0.15) is 0 Å². The summed E-state index contributed by atoms with van der Waals surface area (Å²) in [5.74, 6) is 0.144. The van der Waals surface area contributed by atoms with Crippen LogP contribution in [0.1, 0.15) is 78.7 Å². The molecule has 3 heterocycles. The smallest absolute Gasteiger partial charge is 0.241 e. The second-order valence-electron chi connectivity index (χ2n) is 10.9. The number of hydrogen-bond donors (Lipinski definition) is 0. The summed E-state index contributed by atoms with van der Waals surface area (Å²) in [5.41, 5.74) is 6.99. The van der Waals surface area contributed by atoms with Gasteiger partial charge in [0.1, 0.15) is 0 Å². The number of amides is 2. The fourth-order valence-corrected chi connectivity index (χ4v) is 9.03. The average molecular weight is 534 g/mol. The minimum Gasteiger partial charge on any atom is -0.287 e. The summed E-state index contributed by atoms with van der Waals surface area (Å²) in [7, 11) is 0. The van der Waals surface area contributed by atoms with Crippen LogP contribution in [0.4, 0.5) is 5.69 Å². The van der Waals surface area contributed by atoms with Gasteiger partial charge in [0.25, 0.3) is 0 Å². The molecule has 0 unspecified atom stereocenters. The Morgan fingerprint density at radius 2 is 1.51 bits per heavy atom. The van der Waals surface area contributed by atoms with Crippen molar-refractivity contribution in [3.8, 4) is 0 Å². The van der Waals surface area contributed by atoms with Crippen molar-refractivity contribution in [2.45, 2.75) is 81.4 Å². The predicted octanol–water partition coefficient (Wildman–Crippen LogP) is 5.97. The maximum absolute atomic E-state index is 13.5. The van der Waals surface area contributed by atoms with Gasteiger partial charge in [-0.3, -0.25) is 23.9 Å². The number of anilines is 1. The minimum absolute atomic E-state index is 0.0443. The second kappa shape index (κ2) is 9.38. The average Bonchev–Trinajstić information content (AvgIpc) is 3.57. The summed E-state index contributed by atoms with van der Waals surface area (Å²) in [6.07, 6.45) is 12.7. The molecule has 0 N–H and O–H groups in total. The summed E-state index contributed by atoms with van der Waals surface area (Å²) in [6, 6.07) is 5.66. The first kappa shape index (κ1) is 23.7. The molecule has 4 aliphatic rings. The third kappa shape index (κ3) is 3.90. The van der Waals surface area contributed by atoms with E-state index in [2.05, 4.69) is 4.57 Å². The number of fused-ring (bicyclic) bond motifs is 5. The molecular weight excluding hydrogens is 502 g/mol. The van der Waals surface area contributed by atoms with E-state index in [1.807, 2.05) is 18.2 Å². The fraction of sp³-hybridized carbons (Fsp3) is 0.517. The molecule has 2 fully saturated rings. The van der Waals surface area contributed by atoms with Crippen LogP contribution in [0.25, 0.3) is 10.2 Å². The van der Waals surface area contributed by atoms with Gasteiger partial charge in [0.15, 0.2) is 4.34 Å². The first-order valence-corrected chi connectivity index (χ1v) is 15.6. The van der Waals surface area contributed by atoms with Crippen LogP contribution < -0.4 is 4.90 Å². The lowest BCUT2D eigenvalue weighted by Gasteiger charge is -2.19. The Hall–Kier alpha value is -2.45. The largest absolute Gasteiger partial charge is 0.287 e. The molecule has 8 heteroatoms. The predicted molar refractivity (Wildman–Crippen MR) is 147 cm³/mol. The van der Waals surface area contributed by atoms with E-state index in [1.165, 1.54) is 76.2 Å². The molecule has 3 aliphatic carbocycles. The van der Waals surface area contributed by atoms with Gasteiger partial charge in [-0.15, -0.1) is 11.3 Å². The third-order valence-corrected chi connectivity index (χ3v) is 10.9. The Morgan fingerprint density at radius 1 is 0.892 bits per heavy atom. The lowest BCUT2D eigenvalue weighted by Crippen LogP contribution is -2.30. The van der Waals surface area contributed by atoms with E-state index in [1.54, 1.807) is 0 Å². The molecular formula is C29H31N3O3S2. The molecule has 2 aromatic heterocycles. The van der Waals surface area contributed by atoms with Gasteiger partial charge in [0.2, 0.25) is 17.7 Å². The van der Waals surface area contributed by atoms with Crippen LogP contribution >= 0.6 is 23.1 Å². The zero-order valence-electron chi connectivity index (χ0n) is 21.0. The molecule has 192 valence electrons. The molecule has 3 aromatic rings. The summed E-state index contributed by atoms with van der Waals surface area (Å²) in [4.78, 5) is 45.7. The number of benzene rings is 1. The van der Waals surface area contributed by atoms with E-state index < -0.39 is 0 Å². The van der Waals surface area contributed by atoms with E-state index in [9.17, 15) is 14.4 Å². The monoisotopic (exact) mass is 533 g/mol. The highest BCUT2D eigenvalue weighted by Crippen LogP contribution is 2.41. The van der Waals surface area contributed by atoms with E-state index in [-0.39, 0.29) is 29.6 Å². The number of carbonyl (C=O) groups is 3. The van der Waals surface area contributed by atoms with Crippen molar-refractivity contribution in [3.05, 3.63) is 40.7 Å². The molecule has 2 amide bonds. The Bertz CT molecular complexity index is 1380. The maximum Gasteiger partial charge on any atom is 0.241 e. The van der Waals surface area contributed by atoms with Crippen LogP contribution in [0, 0.1) is 11.8 Å². The Kier molecular flexibility index (Phi) is 6.00. The quantitative estimate of drug-likeness (QED) is 0.305. The topological polar surface area (TPSA) is 72.3 Å². The zero-order valence-corrected chi connectivity index (χ0v) is 22.6. The summed E-state index contributed by atoms with van der Waals surface area (Å²) < 4.78 is 3.87. The number of rotatable bonds is 4. The van der Waals surface area contributed by atoms with Crippen molar-refractivity contribution in [2.24, 2.45) is 11.8 Å². The molecule has 7 rings (SSSR count). The van der Waals surface area contributed by atoms with Crippen LogP contribution in [0.2, 0.25) is 0 Å². The van der Waals surface area contributed by atoms with Gasteiger partial charge in [-0.25, -0.2) is 4.98 Å². The lowest BCUT2D eigenvalue weighted by atomic mass is 9.81. The van der Waals surface area contributed by atoms with Crippen LogP contribution in [0.15, 0.2) is 22.5 Å². The van der Waals surface area contributed by atoms with Crippen molar-refractivity contribution in [2.75, 3.05) is 10.7 Å². The minimum atomic E-state index is -0.152. The highest BCUT2D eigenvalue weighted by atomic mass is 32.2. The highest BCUT2D eigenvalue weighted by Gasteiger charge is 2.48. The Morgan fingerprint density at radius 3 is 2.16 bits per heavy atom. The van der Waals surface area contributed by atoms with Gasteiger partial charge in [-0.05, 0) is 93.5 Å². The van der Waals surface area contributed by atoms with Crippen LogP contribution in [-0.2, 0) is 35.3 Å². The van der Waals surface area contributed by atoms with E-state index in [0.29, 0.717) is 11.4 Å². The van der Waals surface area contributed by atoms with Crippen molar-refractivity contribution >= 4 is 56.7 Å². The second-order valence-corrected chi connectivity index (χ2v) is 13.2. The molecule has 1 saturated heterocycles. The summed E-state index contributed by atoms with van der Waals surface area (Å²) >= 11 is 3.03. The fourth-order valence-electron chi connectivity index (χ4n) is 7.08. The van der Waals surface area contributed by atoms with E-state index in [0.717, 1.165) is 65.9 Å². The van der Waals surface area contributed by atoms with Crippen molar-refractivity contribution in [1.29, 1.82) is 0 Å². The van der Waals surface area contributed by atoms with E-state index in [4.69, 9.17) is 4.98 Å². The van der Waals surface area contributed by atoms with Crippen LogP contribution in [0.5, 0.6) is 0 Å². The highest BCUT2D eigenvalue weighted by molar-refractivity contribution is 8.01. The van der Waals surface area contributed by atoms with Crippen molar-refractivity contribution in [1.82, 2.24) is 9.55 Å². The summed E-state index contributed by atoms with van der Waals surface area (Å²) in [5, 5.41) is 0. The molecule has 0 spiro atoms. The maximum atomic E-state index is 13.5. The first-order valence-electron chi connectivity index (χ1n) is 13.8. The zero-order chi connectivity index (χ0) is 25.1. The van der Waals surface area contributed by atoms with Gasteiger partial charge < -0.3 is 0 Å². The van der Waals surface area contributed by atoms with Crippen molar-refractivity contribution < 1.29 is 14.4 Å². The summed E-state index contributed by atoms with van der Waals surface area (Å²) in [6.45, 7) is 0. The molecule has 0 radical (unpaired) electrons. The molecule has 6 nitrogen and oxygen atoms in total. The van der Waals surface area contributed by atoms with Gasteiger partial charge >= 0.3 is 0 Å². The molecule has 1 saturated carbocycles. The molecule has 0 bridgehead atoms. The normalized spacial score (nSPS) is 23.3. The van der Waals surface area contributed by atoms with Crippen LogP contribution in [0.3, 0.4) is 0 Å². The first-order chi connectivity index (χ1) is 18.1. The Labute approximate surface area is 224 Å². The Balaban J connectivity index is 1.11. The number of nitrogens with zero attached hydrogens (tertiary/aromatic N) is 3. The number of thiazole rings is 1. The number of hydrogen-bond acceptors (Lipinski definition) is 6. The SMILES string of the molecule is O=C1[C@@H]2CCCC[C@H]2C(=O)N1c1ccc2nc(SCC(=O)n3c4c(c5c3CCCC5)CCCC4)sc2c1. The number of imide groups is 1. The number of aromatic nitrogens is 2. The standard InChI is InChI=1S/C29H31N3O3S2/c33-26(32-23-11-5-3-7-18(23)19-8-4-6-12-24(19)32)16-36-29-30-22-14-13-17(15-25(22)37-29)31-27(34)20-9-1-2-10-21(20)28(31)35/h13-15,20-21H,1-12,16H2/t20-,21-/m1/s1. The third-order valence-electron chi connectivity index (χ3n) is 8.80. The van der Waals surface area contributed by atoms with Gasteiger partial charge in [-0.1, -0.05) is 24.6 Å². The van der Waals surface area contributed by atoms with Gasteiger partial charge in [0, 0.05) is 11.4 Å². The number of carbonyl (C=O) groups excluding carboxylic acids is 3. The molecule has 1 aromatic carbocycles. The van der Waals surface area contributed by atoms with E-state index >= 15 is 0 Å². The van der Waals surface area contributed by atoms with Gasteiger partial charge in [0.05, 0.1) is 33.5 Å². The molecule has 1 aliphatic heterocycles. The number of thioether (sulfide) groups is 1. The van der Waals surface area contributed by atoms with Crippen LogP contribution in [-0.4, -0.2) is 33.0 Å². The van der Waals surface area contributed by atoms with Crippen molar-refractivity contribution in [3.63, 3.8) is 0 Å².